The second kappa shape index (κ2) is 9.86. The molecule has 0 spiro atoms. The maximum atomic E-state index is 5.53. The van der Waals surface area contributed by atoms with Crippen LogP contribution in [0.5, 0.6) is 0 Å². The van der Waals surface area contributed by atoms with Crippen molar-refractivity contribution in [2.45, 2.75) is 62.5 Å². The quantitative estimate of drug-likeness (QED) is 0.302. The van der Waals surface area contributed by atoms with Crippen molar-refractivity contribution in [1.82, 2.24) is 14.7 Å². The van der Waals surface area contributed by atoms with Gasteiger partial charge in [0.2, 0.25) is 0 Å². The van der Waals surface area contributed by atoms with Crippen LogP contribution in [0.3, 0.4) is 0 Å². The maximum absolute atomic E-state index is 5.53. The van der Waals surface area contributed by atoms with Crippen molar-refractivity contribution in [3.8, 4) is 0 Å². The zero-order chi connectivity index (χ0) is 18.6. The minimum Gasteiger partial charge on any atom is -0.384 e. The SMILES string of the molecule is CCCC1(COC)CC(N2CCN(CC3CCN(C(C)I)CC3)CC2)C1. The summed E-state index contributed by atoms with van der Waals surface area (Å²) in [7, 11) is 1.87. The Morgan fingerprint density at radius 2 is 1.73 bits per heavy atom. The first-order chi connectivity index (χ1) is 12.5. The number of hydrogen-bond donors (Lipinski definition) is 0. The molecule has 5 heteroatoms. The fourth-order valence-electron chi connectivity index (χ4n) is 5.60. The predicted octanol–water partition coefficient (Wildman–Crippen LogP) is 3.69. The van der Waals surface area contributed by atoms with Crippen LogP contribution in [0.1, 0.15) is 52.4 Å². The zero-order valence-corrected chi connectivity index (χ0v) is 19.4. The van der Waals surface area contributed by atoms with Crippen LogP contribution in [0.4, 0.5) is 0 Å². The van der Waals surface area contributed by atoms with Crippen LogP contribution >= 0.6 is 22.6 Å². The fourth-order valence-corrected chi connectivity index (χ4v) is 6.15. The Kier molecular flexibility index (Phi) is 8.07. The van der Waals surface area contributed by atoms with Gasteiger partial charge in [0.05, 0.1) is 10.7 Å². The smallest absolute Gasteiger partial charge is 0.0589 e. The molecule has 3 fully saturated rings. The Bertz CT molecular complexity index is 403. The molecule has 26 heavy (non-hydrogen) atoms. The third-order valence-electron chi connectivity index (χ3n) is 7.16. The van der Waals surface area contributed by atoms with E-state index in [0.29, 0.717) is 9.46 Å². The van der Waals surface area contributed by atoms with Gasteiger partial charge in [-0.15, -0.1) is 0 Å². The van der Waals surface area contributed by atoms with Crippen molar-refractivity contribution < 1.29 is 4.74 Å². The normalized spacial score (nSPS) is 33.9. The molecule has 152 valence electrons. The van der Waals surface area contributed by atoms with Crippen LogP contribution in [0.15, 0.2) is 0 Å². The fraction of sp³-hybridized carbons (Fsp3) is 1.00. The van der Waals surface area contributed by atoms with Gasteiger partial charge in [0, 0.05) is 45.9 Å². The van der Waals surface area contributed by atoms with E-state index in [1.807, 2.05) is 7.11 Å². The highest BCUT2D eigenvalue weighted by Crippen LogP contribution is 2.47. The van der Waals surface area contributed by atoms with E-state index < -0.39 is 0 Å². The molecule has 1 saturated carbocycles. The van der Waals surface area contributed by atoms with Gasteiger partial charge in [-0.25, -0.2) is 0 Å². The summed E-state index contributed by atoms with van der Waals surface area (Å²) in [5.41, 5.74) is 0.495. The molecule has 2 heterocycles. The number of piperidine rings is 1. The standard InChI is InChI=1S/C21H40IN3O/c1-4-7-21(17-26-3)14-20(15-21)25-12-10-23(11-13-25)16-19-5-8-24(9-6-19)18(2)22/h18-20H,4-17H2,1-3H3. The Morgan fingerprint density at radius 3 is 2.27 bits per heavy atom. The number of alkyl halides is 1. The lowest BCUT2D eigenvalue weighted by Crippen LogP contribution is -2.58. The lowest BCUT2D eigenvalue weighted by molar-refractivity contribution is -0.0671. The van der Waals surface area contributed by atoms with Gasteiger partial charge in [-0.1, -0.05) is 35.9 Å². The molecule has 1 atom stereocenters. The van der Waals surface area contributed by atoms with Gasteiger partial charge < -0.3 is 9.64 Å². The molecule has 2 saturated heterocycles. The molecular formula is C21H40IN3O. The zero-order valence-electron chi connectivity index (χ0n) is 17.3. The highest BCUT2D eigenvalue weighted by Gasteiger charge is 2.46. The van der Waals surface area contributed by atoms with Crippen molar-refractivity contribution in [1.29, 1.82) is 0 Å². The van der Waals surface area contributed by atoms with E-state index in [0.717, 1.165) is 18.6 Å². The Balaban J connectivity index is 1.35. The summed E-state index contributed by atoms with van der Waals surface area (Å²) >= 11 is 2.56. The van der Waals surface area contributed by atoms with Crippen LogP contribution in [0, 0.1) is 11.3 Å². The van der Waals surface area contributed by atoms with Crippen LogP contribution < -0.4 is 0 Å². The first-order valence-electron chi connectivity index (χ1n) is 10.9. The number of methoxy groups -OCH3 is 1. The van der Waals surface area contributed by atoms with Crippen LogP contribution in [0.25, 0.3) is 0 Å². The topological polar surface area (TPSA) is 19.0 Å². The van der Waals surface area contributed by atoms with Gasteiger partial charge in [0.15, 0.2) is 0 Å². The summed E-state index contributed by atoms with van der Waals surface area (Å²) in [4.78, 5) is 8.16. The summed E-state index contributed by atoms with van der Waals surface area (Å²) in [5.74, 6) is 0.926. The first kappa shape index (κ1) is 21.3. The predicted molar refractivity (Wildman–Crippen MR) is 118 cm³/mol. The summed E-state index contributed by atoms with van der Waals surface area (Å²) in [6.45, 7) is 14.7. The minimum absolute atomic E-state index is 0.495. The number of likely N-dealkylation sites (tertiary alicyclic amines) is 1. The third-order valence-corrected chi connectivity index (χ3v) is 7.95. The largest absolute Gasteiger partial charge is 0.384 e. The number of halogens is 1. The Hall–Kier alpha value is 0.570. The molecule has 0 bridgehead atoms. The second-order valence-corrected chi connectivity index (χ2v) is 10.9. The van der Waals surface area contributed by atoms with E-state index in [1.165, 1.54) is 84.3 Å². The van der Waals surface area contributed by atoms with Gasteiger partial charge in [-0.3, -0.25) is 9.80 Å². The highest BCUT2D eigenvalue weighted by atomic mass is 127. The van der Waals surface area contributed by atoms with Crippen molar-refractivity contribution in [3.05, 3.63) is 0 Å². The lowest BCUT2D eigenvalue weighted by Gasteiger charge is -2.53. The van der Waals surface area contributed by atoms with Crippen LogP contribution in [-0.2, 0) is 4.74 Å². The Morgan fingerprint density at radius 1 is 1.08 bits per heavy atom. The number of piperazine rings is 1. The monoisotopic (exact) mass is 477 g/mol. The van der Waals surface area contributed by atoms with E-state index in [1.54, 1.807) is 0 Å². The number of ether oxygens (including phenoxy) is 1. The third kappa shape index (κ3) is 5.34. The number of rotatable bonds is 8. The van der Waals surface area contributed by atoms with Gasteiger partial charge in [0.1, 0.15) is 0 Å². The van der Waals surface area contributed by atoms with E-state index in [9.17, 15) is 0 Å². The lowest BCUT2D eigenvalue weighted by atomic mass is 9.63. The molecule has 0 radical (unpaired) electrons. The summed E-state index contributed by atoms with van der Waals surface area (Å²) in [6.07, 6.45) is 8.15. The van der Waals surface area contributed by atoms with Crippen molar-refractivity contribution >= 4 is 22.6 Å². The van der Waals surface area contributed by atoms with Gasteiger partial charge in [-0.05, 0) is 63.5 Å². The number of hydrogen-bond acceptors (Lipinski definition) is 4. The molecule has 0 aromatic carbocycles. The number of nitrogens with zero attached hydrogens (tertiary/aromatic N) is 3. The molecule has 1 unspecified atom stereocenters. The van der Waals surface area contributed by atoms with Gasteiger partial charge >= 0.3 is 0 Å². The van der Waals surface area contributed by atoms with Crippen LogP contribution in [-0.4, -0.2) is 84.3 Å². The molecule has 3 aliphatic rings. The molecule has 3 rings (SSSR count). The molecule has 1 aliphatic carbocycles. The molecule has 0 amide bonds. The summed E-state index contributed by atoms with van der Waals surface area (Å²) in [6, 6.07) is 0.826. The molecule has 2 aliphatic heterocycles. The summed E-state index contributed by atoms with van der Waals surface area (Å²) in [5, 5.41) is 0. The van der Waals surface area contributed by atoms with Gasteiger partial charge in [0.25, 0.3) is 0 Å². The van der Waals surface area contributed by atoms with E-state index in [-0.39, 0.29) is 0 Å². The molecular weight excluding hydrogens is 437 g/mol. The minimum atomic E-state index is 0.495. The molecule has 0 aromatic rings. The first-order valence-corrected chi connectivity index (χ1v) is 12.1. The Labute approximate surface area is 175 Å². The highest BCUT2D eigenvalue weighted by molar-refractivity contribution is 14.1. The van der Waals surface area contributed by atoms with Crippen molar-refractivity contribution in [3.63, 3.8) is 0 Å². The van der Waals surface area contributed by atoms with Crippen molar-refractivity contribution in [2.75, 3.05) is 59.5 Å². The van der Waals surface area contributed by atoms with E-state index in [2.05, 4.69) is 51.1 Å². The van der Waals surface area contributed by atoms with E-state index in [4.69, 9.17) is 4.74 Å². The molecule has 0 aromatic heterocycles. The molecule has 4 nitrogen and oxygen atoms in total. The van der Waals surface area contributed by atoms with E-state index >= 15 is 0 Å². The maximum Gasteiger partial charge on any atom is 0.0589 e. The van der Waals surface area contributed by atoms with Gasteiger partial charge in [-0.2, -0.15) is 0 Å². The second-order valence-electron chi connectivity index (χ2n) is 9.14. The summed E-state index contributed by atoms with van der Waals surface area (Å²) < 4.78 is 6.22. The average Bonchev–Trinajstić information content (AvgIpc) is 2.61. The average molecular weight is 477 g/mol. The van der Waals surface area contributed by atoms with Crippen LogP contribution in [0.2, 0.25) is 0 Å². The molecule has 0 N–H and O–H groups in total. The van der Waals surface area contributed by atoms with Crippen molar-refractivity contribution in [2.24, 2.45) is 11.3 Å².